The molecule has 56 valence electrons. The maximum atomic E-state index is 4.98. The summed E-state index contributed by atoms with van der Waals surface area (Å²) in [6.07, 6.45) is 0. The molecule has 9 heavy (non-hydrogen) atoms. The fraction of sp³-hybridized carbons (Fsp3) is 1.00. The van der Waals surface area contributed by atoms with Crippen LogP contribution in [0, 0.1) is 0 Å². The second-order valence-corrected chi connectivity index (χ2v) is 2.11. The summed E-state index contributed by atoms with van der Waals surface area (Å²) >= 11 is -0.486. The van der Waals surface area contributed by atoms with E-state index >= 15 is 0 Å². The molecule has 0 amide bonds. The molecule has 0 aliphatic carbocycles. The van der Waals surface area contributed by atoms with Gasteiger partial charge in [0.05, 0.1) is 0 Å². The minimum absolute atomic E-state index is 0. The van der Waals surface area contributed by atoms with Gasteiger partial charge in [0.25, 0.3) is 0 Å². The number of hydrogen-bond donors (Lipinski definition) is 0. The Morgan fingerprint density at radius 2 is 1.33 bits per heavy atom. The molecule has 0 aromatic heterocycles. The molecule has 0 N–H and O–H groups in total. The number of halogens is 2. The van der Waals surface area contributed by atoms with Crippen molar-refractivity contribution < 1.29 is 74.5 Å². The van der Waals surface area contributed by atoms with Gasteiger partial charge in [-0.25, -0.2) is 0 Å². The van der Waals surface area contributed by atoms with E-state index in [2.05, 4.69) is 0 Å². The van der Waals surface area contributed by atoms with E-state index in [4.69, 9.17) is 6.64 Å². The number of rotatable bonds is 4. The first-order chi connectivity index (χ1) is 3.41. The molecule has 0 aliphatic rings. The molecule has 0 rings (SSSR count). The van der Waals surface area contributed by atoms with Gasteiger partial charge in [0.2, 0.25) is 0 Å². The van der Waals surface area contributed by atoms with Gasteiger partial charge in [0.15, 0.2) is 0 Å². The van der Waals surface area contributed by atoms with E-state index in [0.717, 1.165) is 13.2 Å². The molecule has 0 heterocycles. The zero-order valence-electron chi connectivity index (χ0n) is 5.49. The molecule has 0 atom stereocenters. The Hall–Kier alpha value is 2.09. The fourth-order valence-electron chi connectivity index (χ4n) is 0.160. The first-order valence-corrected chi connectivity index (χ1v) is 3.67. The standard InChI is InChI=1S/2C2H5O.2HI.Ti/c2*1-2-3;;;/h2*2H2,1H3;2*1H;/q2*-1;;;+4/p-2. The van der Waals surface area contributed by atoms with Crippen LogP contribution >= 0.6 is 0 Å². The average molecular weight is 392 g/mol. The molecule has 5 heteroatoms. The molecule has 0 fully saturated rings. The molecular formula is C4H10I2O2Ti. The van der Waals surface area contributed by atoms with E-state index < -0.39 is 19.9 Å². The SMILES string of the molecule is CC[O][Ti+2][O]CC.[I-].[I-]. The molecule has 0 aliphatic heterocycles. The van der Waals surface area contributed by atoms with Gasteiger partial charge in [0.1, 0.15) is 0 Å². The van der Waals surface area contributed by atoms with Crippen LogP contribution < -0.4 is 48.0 Å². The molecule has 0 spiro atoms. The molecule has 2 nitrogen and oxygen atoms in total. The van der Waals surface area contributed by atoms with E-state index in [-0.39, 0.29) is 48.0 Å². The maximum absolute atomic E-state index is 4.98. The summed E-state index contributed by atoms with van der Waals surface area (Å²) in [4.78, 5) is 0. The van der Waals surface area contributed by atoms with Crippen molar-refractivity contribution in [2.45, 2.75) is 13.8 Å². The summed E-state index contributed by atoms with van der Waals surface area (Å²) in [5, 5.41) is 0. The Morgan fingerprint density at radius 1 is 1.00 bits per heavy atom. The normalized spacial score (nSPS) is 6.44. The molecule has 0 aromatic rings. The molecule has 0 bridgehead atoms. The van der Waals surface area contributed by atoms with Gasteiger partial charge in [-0.15, -0.1) is 0 Å². The topological polar surface area (TPSA) is 18.5 Å². The monoisotopic (exact) mass is 392 g/mol. The molecule has 0 unspecified atom stereocenters. The Kier molecular flexibility index (Phi) is 31.8. The third-order valence-corrected chi connectivity index (χ3v) is 1.68. The van der Waals surface area contributed by atoms with Crippen LogP contribution in [0.25, 0.3) is 0 Å². The van der Waals surface area contributed by atoms with Gasteiger partial charge in [-0.2, -0.15) is 0 Å². The zero-order valence-corrected chi connectivity index (χ0v) is 11.4. The van der Waals surface area contributed by atoms with Crippen LogP contribution in [0.5, 0.6) is 0 Å². The van der Waals surface area contributed by atoms with E-state index in [1.165, 1.54) is 0 Å². The van der Waals surface area contributed by atoms with Gasteiger partial charge in [-0.3, -0.25) is 0 Å². The van der Waals surface area contributed by atoms with E-state index in [9.17, 15) is 0 Å². The van der Waals surface area contributed by atoms with Crippen molar-refractivity contribution in [3.8, 4) is 0 Å². The summed E-state index contributed by atoms with van der Waals surface area (Å²) in [5.41, 5.74) is 0. The zero-order chi connectivity index (χ0) is 5.54. The number of hydrogen-bond acceptors (Lipinski definition) is 2. The molecular weight excluding hydrogens is 382 g/mol. The largest absolute Gasteiger partial charge is 1.00 e. The summed E-state index contributed by atoms with van der Waals surface area (Å²) in [7, 11) is 0. The van der Waals surface area contributed by atoms with Crippen LogP contribution in [0.3, 0.4) is 0 Å². The molecule has 0 saturated carbocycles. The van der Waals surface area contributed by atoms with Crippen molar-refractivity contribution in [1.82, 2.24) is 0 Å². The minimum Gasteiger partial charge on any atom is -1.00 e. The first-order valence-electron chi connectivity index (χ1n) is 2.40. The van der Waals surface area contributed by atoms with Crippen LogP contribution in [0.2, 0.25) is 0 Å². The van der Waals surface area contributed by atoms with Crippen LogP contribution in [-0.4, -0.2) is 13.2 Å². The quantitative estimate of drug-likeness (QED) is 0.271. The first kappa shape index (κ1) is 17.3. The average Bonchev–Trinajstić information content (AvgIpc) is 1.69. The van der Waals surface area contributed by atoms with Gasteiger partial charge >= 0.3 is 53.6 Å². The fourth-order valence-corrected chi connectivity index (χ4v) is 0.658. The van der Waals surface area contributed by atoms with Gasteiger partial charge in [0, 0.05) is 0 Å². The summed E-state index contributed by atoms with van der Waals surface area (Å²) in [6.45, 7) is 5.53. The predicted molar refractivity (Wildman–Crippen MR) is 23.3 cm³/mol. The van der Waals surface area contributed by atoms with Crippen LogP contribution in [0.15, 0.2) is 0 Å². The summed E-state index contributed by atoms with van der Waals surface area (Å²) in [5.74, 6) is 0. The minimum atomic E-state index is -0.486. The van der Waals surface area contributed by atoms with Gasteiger partial charge in [-0.05, 0) is 0 Å². The molecule has 0 radical (unpaired) electrons. The third-order valence-electron chi connectivity index (χ3n) is 0.407. The summed E-state index contributed by atoms with van der Waals surface area (Å²) < 4.78 is 9.95. The van der Waals surface area contributed by atoms with Crippen molar-refractivity contribution in [3.63, 3.8) is 0 Å². The third kappa shape index (κ3) is 17.8. The Morgan fingerprint density at radius 3 is 1.56 bits per heavy atom. The second kappa shape index (κ2) is 16.6. The Labute approximate surface area is 100 Å². The van der Waals surface area contributed by atoms with Gasteiger partial charge < -0.3 is 48.0 Å². The van der Waals surface area contributed by atoms with Crippen molar-refractivity contribution >= 4 is 0 Å². The Balaban J connectivity index is -0.000000180. The van der Waals surface area contributed by atoms with Crippen LogP contribution in [-0.2, 0) is 26.6 Å². The van der Waals surface area contributed by atoms with Crippen molar-refractivity contribution in [1.29, 1.82) is 0 Å². The predicted octanol–water partition coefficient (Wildman–Crippen LogP) is -5.02. The van der Waals surface area contributed by atoms with Crippen molar-refractivity contribution in [2.75, 3.05) is 13.2 Å². The Bertz CT molecular complexity index is 35.7. The second-order valence-electron chi connectivity index (χ2n) is 0.949. The van der Waals surface area contributed by atoms with Gasteiger partial charge in [-0.1, -0.05) is 0 Å². The van der Waals surface area contributed by atoms with E-state index in [1.54, 1.807) is 0 Å². The van der Waals surface area contributed by atoms with Crippen molar-refractivity contribution in [3.05, 3.63) is 0 Å². The van der Waals surface area contributed by atoms with E-state index in [0.29, 0.717) is 0 Å². The summed E-state index contributed by atoms with van der Waals surface area (Å²) in [6, 6.07) is 0. The molecule has 0 saturated heterocycles. The van der Waals surface area contributed by atoms with Crippen LogP contribution in [0.1, 0.15) is 13.8 Å². The van der Waals surface area contributed by atoms with Crippen LogP contribution in [0.4, 0.5) is 0 Å². The van der Waals surface area contributed by atoms with E-state index in [1.807, 2.05) is 13.8 Å². The maximum Gasteiger partial charge on any atom is -1.00 e. The van der Waals surface area contributed by atoms with Crippen molar-refractivity contribution in [2.24, 2.45) is 0 Å². The smallest absolute Gasteiger partial charge is 1.00 e. The molecule has 0 aromatic carbocycles.